The minimum atomic E-state index is 0.655. The molecule has 0 spiro atoms. The predicted molar refractivity (Wildman–Crippen MR) is 205 cm³/mol. The third-order valence-corrected chi connectivity index (χ3v) is 11.0. The molecule has 0 amide bonds. The van der Waals surface area contributed by atoms with E-state index in [0.717, 1.165) is 76.3 Å². The highest BCUT2D eigenvalue weighted by Crippen LogP contribution is 2.44. The van der Waals surface area contributed by atoms with Crippen LogP contribution in [0.3, 0.4) is 0 Å². The van der Waals surface area contributed by atoms with E-state index in [0.29, 0.717) is 5.95 Å². The maximum absolute atomic E-state index is 6.37. The molecule has 0 radical (unpaired) electrons. The SMILES string of the molecule is c1ccc(-c2nc(-n3c4cc5ccccc5cc4c4cccc(-c5cccc6oc7ccccc7c56)c43)nc3c2sc2ccccc23)cc1. The lowest BCUT2D eigenvalue weighted by atomic mass is 9.97. The van der Waals surface area contributed by atoms with Gasteiger partial charge < -0.3 is 4.42 Å². The van der Waals surface area contributed by atoms with Gasteiger partial charge in [0.1, 0.15) is 11.2 Å². The van der Waals surface area contributed by atoms with Gasteiger partial charge in [-0.2, -0.15) is 0 Å². The van der Waals surface area contributed by atoms with Gasteiger partial charge in [0.25, 0.3) is 0 Å². The minimum Gasteiger partial charge on any atom is -0.456 e. The van der Waals surface area contributed by atoms with Crippen LogP contribution in [0.2, 0.25) is 0 Å². The molecule has 0 atom stereocenters. The Morgan fingerprint density at radius 1 is 0.531 bits per heavy atom. The molecule has 4 heterocycles. The van der Waals surface area contributed by atoms with Crippen LogP contribution in [0.4, 0.5) is 0 Å². The van der Waals surface area contributed by atoms with Gasteiger partial charge in [-0.3, -0.25) is 4.57 Å². The second kappa shape index (κ2) is 10.1. The van der Waals surface area contributed by atoms with Crippen LogP contribution in [0.1, 0.15) is 0 Å². The molecule has 0 bridgehead atoms. The summed E-state index contributed by atoms with van der Waals surface area (Å²) in [6.45, 7) is 0. The van der Waals surface area contributed by atoms with Crippen LogP contribution in [0.5, 0.6) is 0 Å². The average molecular weight is 644 g/mol. The van der Waals surface area contributed by atoms with E-state index in [1.165, 1.54) is 20.9 Å². The summed E-state index contributed by atoms with van der Waals surface area (Å²) in [5.74, 6) is 0.655. The van der Waals surface area contributed by atoms with Gasteiger partial charge in [0, 0.05) is 42.8 Å². The molecule has 0 unspecified atom stereocenters. The van der Waals surface area contributed by atoms with Crippen molar-refractivity contribution in [1.82, 2.24) is 14.5 Å². The average Bonchev–Trinajstić information content (AvgIpc) is 3.83. The number of aromatic nitrogens is 3. The normalized spacial score (nSPS) is 12.1. The van der Waals surface area contributed by atoms with E-state index in [1.54, 1.807) is 11.3 Å². The van der Waals surface area contributed by atoms with Crippen molar-refractivity contribution in [1.29, 1.82) is 0 Å². The number of benzene rings is 7. The fraction of sp³-hybridized carbons (Fsp3) is 0. The zero-order valence-electron chi connectivity index (χ0n) is 26.1. The summed E-state index contributed by atoms with van der Waals surface area (Å²) >= 11 is 1.76. The standard InChI is InChI=1S/C44H25N3OS/c1-2-12-26(13-3-1)40-43-41(33-17-7-9-23-38(33)49-43)46-44(45-40)47-35-25-28-15-5-4-14-27(28)24-34(35)31-20-10-19-30(42(31)47)29-18-11-22-37-39(29)32-16-6-8-21-36(32)48-37/h1-25H. The summed E-state index contributed by atoms with van der Waals surface area (Å²) in [6.07, 6.45) is 0. The van der Waals surface area contributed by atoms with Crippen molar-refractivity contribution in [2.24, 2.45) is 0 Å². The number of hydrogen-bond acceptors (Lipinski definition) is 4. The molecule has 11 aromatic rings. The van der Waals surface area contributed by atoms with Crippen molar-refractivity contribution in [3.8, 4) is 28.3 Å². The molecule has 0 saturated heterocycles. The first-order chi connectivity index (χ1) is 24.3. The van der Waals surface area contributed by atoms with Crippen molar-refractivity contribution in [3.63, 3.8) is 0 Å². The lowest BCUT2D eigenvalue weighted by Crippen LogP contribution is -2.03. The Balaban J connectivity index is 1.34. The maximum Gasteiger partial charge on any atom is 0.235 e. The first-order valence-corrected chi connectivity index (χ1v) is 17.2. The van der Waals surface area contributed by atoms with Crippen molar-refractivity contribution in [3.05, 3.63) is 152 Å². The molecular formula is C44H25N3OS. The van der Waals surface area contributed by atoms with Crippen molar-refractivity contribution in [2.45, 2.75) is 0 Å². The molecule has 5 heteroatoms. The molecule has 0 N–H and O–H groups in total. The molecule has 0 fully saturated rings. The van der Waals surface area contributed by atoms with Gasteiger partial charge in [0.15, 0.2) is 0 Å². The lowest BCUT2D eigenvalue weighted by Gasteiger charge is -2.13. The zero-order valence-corrected chi connectivity index (χ0v) is 26.9. The predicted octanol–water partition coefficient (Wildman–Crippen LogP) is 12.3. The highest BCUT2D eigenvalue weighted by molar-refractivity contribution is 7.26. The second-order valence-corrected chi connectivity index (χ2v) is 13.6. The second-order valence-electron chi connectivity index (χ2n) is 12.5. The van der Waals surface area contributed by atoms with Crippen LogP contribution < -0.4 is 0 Å². The van der Waals surface area contributed by atoms with Gasteiger partial charge in [-0.1, -0.05) is 121 Å². The molecule has 228 valence electrons. The smallest absolute Gasteiger partial charge is 0.235 e. The number of rotatable bonds is 3. The molecular weight excluding hydrogens is 619 g/mol. The molecule has 49 heavy (non-hydrogen) atoms. The Labute approximate surface area is 284 Å². The molecule has 0 aliphatic carbocycles. The summed E-state index contributed by atoms with van der Waals surface area (Å²) in [4.78, 5) is 10.9. The van der Waals surface area contributed by atoms with Crippen LogP contribution in [0, 0.1) is 0 Å². The van der Waals surface area contributed by atoms with Crippen LogP contribution >= 0.6 is 11.3 Å². The number of nitrogens with zero attached hydrogens (tertiary/aromatic N) is 3. The van der Waals surface area contributed by atoms with Gasteiger partial charge in [-0.25, -0.2) is 9.97 Å². The summed E-state index contributed by atoms with van der Waals surface area (Å²) in [5, 5.41) is 8.05. The molecule has 4 aromatic heterocycles. The monoisotopic (exact) mass is 643 g/mol. The minimum absolute atomic E-state index is 0.655. The Hall–Kier alpha value is -6.30. The first-order valence-electron chi connectivity index (χ1n) is 16.4. The topological polar surface area (TPSA) is 43.9 Å². The van der Waals surface area contributed by atoms with Crippen molar-refractivity contribution < 1.29 is 4.42 Å². The van der Waals surface area contributed by atoms with E-state index in [9.17, 15) is 0 Å². The molecule has 11 rings (SSSR count). The summed E-state index contributed by atoms with van der Waals surface area (Å²) < 4.78 is 11.0. The Morgan fingerprint density at radius 3 is 2.12 bits per heavy atom. The molecule has 7 aromatic carbocycles. The van der Waals surface area contributed by atoms with Crippen LogP contribution in [0.15, 0.2) is 156 Å². The fourth-order valence-corrected chi connectivity index (χ4v) is 8.80. The van der Waals surface area contributed by atoms with Crippen LogP contribution in [-0.4, -0.2) is 14.5 Å². The van der Waals surface area contributed by atoms with E-state index >= 15 is 0 Å². The highest BCUT2D eigenvalue weighted by atomic mass is 32.1. The maximum atomic E-state index is 6.37. The summed E-state index contributed by atoms with van der Waals surface area (Å²) in [7, 11) is 0. The number of hydrogen-bond donors (Lipinski definition) is 0. The van der Waals surface area contributed by atoms with Crippen LogP contribution in [0.25, 0.3) is 103 Å². The Kier molecular flexibility index (Phi) is 5.51. The summed E-state index contributed by atoms with van der Waals surface area (Å²) in [6, 6.07) is 53.5. The van der Waals surface area contributed by atoms with Gasteiger partial charge in [0.05, 0.1) is 26.9 Å². The van der Waals surface area contributed by atoms with E-state index in [2.05, 4.69) is 144 Å². The number of para-hydroxylation sites is 2. The molecule has 0 aliphatic rings. The number of thiophene rings is 1. The first kappa shape index (κ1) is 26.7. The fourth-order valence-electron chi connectivity index (χ4n) is 7.65. The lowest BCUT2D eigenvalue weighted by molar-refractivity contribution is 0.669. The van der Waals surface area contributed by atoms with Gasteiger partial charge in [0.2, 0.25) is 5.95 Å². The Morgan fingerprint density at radius 2 is 1.22 bits per heavy atom. The van der Waals surface area contributed by atoms with Crippen LogP contribution in [-0.2, 0) is 0 Å². The van der Waals surface area contributed by atoms with E-state index in [-0.39, 0.29) is 0 Å². The van der Waals surface area contributed by atoms with Gasteiger partial charge in [-0.05, 0) is 46.7 Å². The van der Waals surface area contributed by atoms with E-state index < -0.39 is 0 Å². The van der Waals surface area contributed by atoms with E-state index in [1.807, 2.05) is 12.1 Å². The molecule has 0 aliphatic heterocycles. The largest absolute Gasteiger partial charge is 0.456 e. The zero-order chi connectivity index (χ0) is 32.1. The highest BCUT2D eigenvalue weighted by Gasteiger charge is 2.23. The number of furan rings is 1. The van der Waals surface area contributed by atoms with Crippen molar-refractivity contribution in [2.75, 3.05) is 0 Å². The molecule has 0 saturated carbocycles. The third kappa shape index (κ3) is 3.85. The Bertz CT molecular complexity index is 3110. The third-order valence-electron chi connectivity index (χ3n) is 9.80. The molecule has 4 nitrogen and oxygen atoms in total. The summed E-state index contributed by atoms with van der Waals surface area (Å²) in [5.41, 5.74) is 9.11. The number of fused-ring (bicyclic) bond motifs is 10. The quantitative estimate of drug-likeness (QED) is 0.192. The van der Waals surface area contributed by atoms with Gasteiger partial charge in [-0.15, -0.1) is 11.3 Å². The van der Waals surface area contributed by atoms with E-state index in [4.69, 9.17) is 14.4 Å². The van der Waals surface area contributed by atoms with Crippen molar-refractivity contribution >= 4 is 86.2 Å². The van der Waals surface area contributed by atoms with Gasteiger partial charge >= 0.3 is 0 Å².